The lowest BCUT2D eigenvalue weighted by Gasteiger charge is -2.38. The monoisotopic (exact) mass is 359 g/mol. The molecule has 1 aliphatic heterocycles. The summed E-state index contributed by atoms with van der Waals surface area (Å²) in [4.78, 5) is 13.6. The number of aromatic nitrogens is 1. The second-order valence-electron chi connectivity index (χ2n) is 5.93. The van der Waals surface area contributed by atoms with Crippen molar-refractivity contribution in [2.24, 2.45) is 4.99 Å². The lowest BCUT2D eigenvalue weighted by Crippen LogP contribution is -2.52. The number of hydrogen-bond donors (Lipinski definition) is 1. The molecule has 0 unspecified atom stereocenters. The van der Waals surface area contributed by atoms with Crippen LogP contribution < -0.4 is 15.0 Å². The minimum absolute atomic E-state index is 0.720. The molecular formula is C18H25N5OS. The van der Waals surface area contributed by atoms with Gasteiger partial charge in [-0.2, -0.15) is 0 Å². The van der Waals surface area contributed by atoms with E-state index in [2.05, 4.69) is 42.6 Å². The van der Waals surface area contributed by atoms with Crippen molar-refractivity contribution in [2.75, 3.05) is 45.2 Å². The highest BCUT2D eigenvalue weighted by Gasteiger charge is 2.21. The Labute approximate surface area is 153 Å². The molecule has 1 aliphatic rings. The van der Waals surface area contributed by atoms with Crippen LogP contribution in [0.2, 0.25) is 0 Å². The third-order valence-corrected chi connectivity index (χ3v) is 5.25. The number of anilines is 1. The average Bonchev–Trinajstić information content (AvgIpc) is 3.08. The van der Waals surface area contributed by atoms with Crippen LogP contribution in [0.15, 0.2) is 34.6 Å². The molecule has 2 aromatic rings. The molecule has 1 aromatic carbocycles. The van der Waals surface area contributed by atoms with E-state index in [9.17, 15) is 0 Å². The van der Waals surface area contributed by atoms with E-state index in [-0.39, 0.29) is 0 Å². The van der Waals surface area contributed by atoms with Crippen LogP contribution in [0.5, 0.6) is 5.75 Å². The maximum Gasteiger partial charge on any atom is 0.194 e. The second-order valence-corrected chi connectivity index (χ2v) is 6.87. The Morgan fingerprint density at radius 3 is 2.68 bits per heavy atom. The summed E-state index contributed by atoms with van der Waals surface area (Å²) in [6.07, 6.45) is 0. The molecule has 0 saturated carbocycles. The number of thiazole rings is 1. The summed E-state index contributed by atoms with van der Waals surface area (Å²) in [5, 5.41) is 6.59. The molecule has 1 saturated heterocycles. The summed E-state index contributed by atoms with van der Waals surface area (Å²) in [5.41, 5.74) is 2.23. The molecule has 3 rings (SSSR count). The first kappa shape index (κ1) is 17.5. The van der Waals surface area contributed by atoms with Crippen LogP contribution in [-0.4, -0.2) is 56.2 Å². The molecule has 6 nitrogen and oxygen atoms in total. The molecule has 0 spiro atoms. The SMILES string of the molecule is CN=C(NCc1nc(C)cs1)N1CCN(c2ccccc2OC)CC1. The Morgan fingerprint density at radius 1 is 1.28 bits per heavy atom. The number of aliphatic imine (C=N–C) groups is 1. The lowest BCUT2D eigenvalue weighted by molar-refractivity contribution is 0.367. The van der Waals surface area contributed by atoms with E-state index in [1.165, 1.54) is 0 Å². The van der Waals surface area contributed by atoms with Crippen molar-refractivity contribution >= 4 is 23.0 Å². The molecular weight excluding hydrogens is 334 g/mol. The van der Waals surface area contributed by atoms with E-state index in [0.29, 0.717) is 0 Å². The van der Waals surface area contributed by atoms with Crippen molar-refractivity contribution in [1.29, 1.82) is 0 Å². The van der Waals surface area contributed by atoms with E-state index in [0.717, 1.165) is 60.8 Å². The lowest BCUT2D eigenvalue weighted by atomic mass is 10.2. The van der Waals surface area contributed by atoms with Crippen LogP contribution in [0, 0.1) is 6.92 Å². The molecule has 0 bridgehead atoms. The quantitative estimate of drug-likeness (QED) is 0.671. The predicted molar refractivity (Wildman–Crippen MR) is 104 cm³/mol. The number of aryl methyl sites for hydroxylation is 1. The highest BCUT2D eigenvalue weighted by Crippen LogP contribution is 2.28. The number of methoxy groups -OCH3 is 1. The fourth-order valence-electron chi connectivity index (χ4n) is 3.02. The summed E-state index contributed by atoms with van der Waals surface area (Å²) >= 11 is 1.68. The van der Waals surface area contributed by atoms with E-state index in [4.69, 9.17) is 4.74 Å². The zero-order valence-corrected chi connectivity index (χ0v) is 15.8. The minimum Gasteiger partial charge on any atom is -0.495 e. The fourth-order valence-corrected chi connectivity index (χ4v) is 3.73. The normalized spacial score (nSPS) is 15.4. The van der Waals surface area contributed by atoms with Crippen molar-refractivity contribution in [3.8, 4) is 5.75 Å². The van der Waals surface area contributed by atoms with Gasteiger partial charge in [0.05, 0.1) is 19.3 Å². The number of benzene rings is 1. The van der Waals surface area contributed by atoms with Gasteiger partial charge in [-0.3, -0.25) is 4.99 Å². The Kier molecular flexibility index (Phi) is 5.75. The van der Waals surface area contributed by atoms with Crippen molar-refractivity contribution < 1.29 is 4.74 Å². The molecule has 25 heavy (non-hydrogen) atoms. The van der Waals surface area contributed by atoms with Crippen LogP contribution in [0.4, 0.5) is 5.69 Å². The molecule has 2 heterocycles. The molecule has 0 aliphatic carbocycles. The van der Waals surface area contributed by atoms with Gasteiger partial charge in [-0.25, -0.2) is 4.98 Å². The maximum absolute atomic E-state index is 5.49. The standard InChI is InChI=1S/C18H25N5OS/c1-14-13-25-17(21-14)12-20-18(19-2)23-10-8-22(9-11-23)15-6-4-5-7-16(15)24-3/h4-7,13H,8-12H2,1-3H3,(H,19,20). The number of para-hydroxylation sites is 2. The highest BCUT2D eigenvalue weighted by atomic mass is 32.1. The zero-order chi connectivity index (χ0) is 17.6. The molecule has 7 heteroatoms. The van der Waals surface area contributed by atoms with Crippen LogP contribution in [0.1, 0.15) is 10.7 Å². The number of nitrogens with one attached hydrogen (secondary N) is 1. The Morgan fingerprint density at radius 2 is 2.04 bits per heavy atom. The van der Waals surface area contributed by atoms with Gasteiger partial charge in [0.15, 0.2) is 5.96 Å². The van der Waals surface area contributed by atoms with Gasteiger partial charge in [0.2, 0.25) is 0 Å². The van der Waals surface area contributed by atoms with Gasteiger partial charge in [0, 0.05) is 44.3 Å². The second kappa shape index (κ2) is 8.20. The topological polar surface area (TPSA) is 53.0 Å². The van der Waals surface area contributed by atoms with E-state index < -0.39 is 0 Å². The smallest absolute Gasteiger partial charge is 0.194 e. The Hall–Kier alpha value is -2.28. The van der Waals surface area contributed by atoms with Crippen molar-refractivity contribution in [2.45, 2.75) is 13.5 Å². The first-order valence-electron chi connectivity index (χ1n) is 8.46. The van der Waals surface area contributed by atoms with Gasteiger partial charge in [-0.1, -0.05) is 12.1 Å². The minimum atomic E-state index is 0.720. The van der Waals surface area contributed by atoms with Gasteiger partial charge in [-0.15, -0.1) is 11.3 Å². The number of rotatable bonds is 4. The summed E-state index contributed by atoms with van der Waals surface area (Å²) in [6.45, 7) is 6.47. The van der Waals surface area contributed by atoms with E-state index in [1.807, 2.05) is 26.1 Å². The molecule has 134 valence electrons. The Balaban J connectivity index is 1.57. The summed E-state index contributed by atoms with van der Waals surface area (Å²) in [6, 6.07) is 8.19. The summed E-state index contributed by atoms with van der Waals surface area (Å²) < 4.78 is 5.49. The molecule has 1 aromatic heterocycles. The molecule has 0 radical (unpaired) electrons. The maximum atomic E-state index is 5.49. The third kappa shape index (κ3) is 4.22. The van der Waals surface area contributed by atoms with Crippen LogP contribution in [0.25, 0.3) is 0 Å². The van der Waals surface area contributed by atoms with Crippen LogP contribution >= 0.6 is 11.3 Å². The summed E-state index contributed by atoms with van der Waals surface area (Å²) in [5.74, 6) is 1.87. The van der Waals surface area contributed by atoms with E-state index in [1.54, 1.807) is 18.4 Å². The van der Waals surface area contributed by atoms with Gasteiger partial charge < -0.3 is 19.9 Å². The number of guanidine groups is 1. The van der Waals surface area contributed by atoms with Gasteiger partial charge in [-0.05, 0) is 19.1 Å². The number of nitrogens with zero attached hydrogens (tertiary/aromatic N) is 4. The molecule has 1 N–H and O–H groups in total. The fraction of sp³-hybridized carbons (Fsp3) is 0.444. The molecule has 1 fully saturated rings. The Bertz CT molecular complexity index is 722. The van der Waals surface area contributed by atoms with Crippen molar-refractivity contribution in [3.05, 3.63) is 40.3 Å². The number of piperazine rings is 1. The number of ether oxygens (including phenoxy) is 1. The first-order chi connectivity index (χ1) is 12.2. The average molecular weight is 359 g/mol. The van der Waals surface area contributed by atoms with Gasteiger partial charge >= 0.3 is 0 Å². The largest absolute Gasteiger partial charge is 0.495 e. The summed E-state index contributed by atoms with van der Waals surface area (Å²) in [7, 11) is 3.56. The molecule has 0 amide bonds. The first-order valence-corrected chi connectivity index (χ1v) is 9.34. The zero-order valence-electron chi connectivity index (χ0n) is 15.0. The van der Waals surface area contributed by atoms with Crippen LogP contribution in [-0.2, 0) is 6.54 Å². The number of hydrogen-bond acceptors (Lipinski definition) is 5. The molecule has 0 atom stereocenters. The van der Waals surface area contributed by atoms with Crippen molar-refractivity contribution in [3.63, 3.8) is 0 Å². The van der Waals surface area contributed by atoms with Crippen molar-refractivity contribution in [1.82, 2.24) is 15.2 Å². The van der Waals surface area contributed by atoms with Crippen LogP contribution in [0.3, 0.4) is 0 Å². The third-order valence-electron chi connectivity index (χ3n) is 4.28. The van der Waals surface area contributed by atoms with E-state index >= 15 is 0 Å². The van der Waals surface area contributed by atoms with Gasteiger partial charge in [0.1, 0.15) is 10.8 Å². The van der Waals surface area contributed by atoms with Gasteiger partial charge in [0.25, 0.3) is 0 Å². The predicted octanol–water partition coefficient (Wildman–Crippen LogP) is 2.36. The highest BCUT2D eigenvalue weighted by molar-refractivity contribution is 7.09.